The highest BCUT2D eigenvalue weighted by molar-refractivity contribution is 14.1. The molecule has 142 valence electrons. The Hall–Kier alpha value is -3.01. The topological polar surface area (TPSA) is 81.6 Å². The molecule has 1 aliphatic rings. The van der Waals surface area contributed by atoms with Crippen molar-refractivity contribution >= 4 is 34.4 Å². The van der Waals surface area contributed by atoms with Crippen LogP contribution in [0, 0.1) is 3.57 Å². The van der Waals surface area contributed by atoms with Crippen LogP contribution in [-0.4, -0.2) is 29.1 Å². The van der Waals surface area contributed by atoms with E-state index in [-0.39, 0.29) is 6.61 Å². The van der Waals surface area contributed by atoms with Crippen molar-refractivity contribution in [3.8, 4) is 17.2 Å². The van der Waals surface area contributed by atoms with E-state index >= 15 is 0 Å². The summed E-state index contributed by atoms with van der Waals surface area (Å²) in [6.07, 6.45) is 0.939. The van der Waals surface area contributed by atoms with Gasteiger partial charge in [0.1, 0.15) is 12.3 Å². The number of hydrazine groups is 1. The molecule has 0 spiro atoms. The zero-order valence-electron chi connectivity index (χ0n) is 14.6. The molecule has 4 rings (SSSR count). The number of amides is 2. The Labute approximate surface area is 174 Å². The number of halogens is 1. The average molecular weight is 489 g/mol. The number of hydrogen-bond acceptors (Lipinski definition) is 4. The van der Waals surface area contributed by atoms with Gasteiger partial charge < -0.3 is 14.0 Å². The van der Waals surface area contributed by atoms with E-state index in [1.54, 1.807) is 41.1 Å². The molecule has 0 aliphatic carbocycles. The first-order valence-corrected chi connectivity index (χ1v) is 9.62. The van der Waals surface area contributed by atoms with Crippen molar-refractivity contribution in [1.29, 1.82) is 0 Å². The zero-order valence-corrected chi connectivity index (χ0v) is 16.8. The minimum atomic E-state index is -0.849. The van der Waals surface area contributed by atoms with Gasteiger partial charge in [0.2, 0.25) is 6.10 Å². The SMILES string of the molecule is O=C(NNC(=O)C1COc2ccccc2O1)c1cccn1-c1cccc(I)c1. The molecule has 2 heterocycles. The summed E-state index contributed by atoms with van der Waals surface area (Å²) in [6.45, 7) is 0.0670. The lowest BCUT2D eigenvalue weighted by Gasteiger charge is -2.25. The smallest absolute Gasteiger partial charge is 0.286 e. The lowest BCUT2D eigenvalue weighted by atomic mass is 10.2. The first-order chi connectivity index (χ1) is 13.6. The van der Waals surface area contributed by atoms with Crippen molar-refractivity contribution in [1.82, 2.24) is 15.4 Å². The Morgan fingerprint density at radius 3 is 2.64 bits per heavy atom. The minimum Gasteiger partial charge on any atom is -0.485 e. The Morgan fingerprint density at radius 1 is 1.00 bits per heavy atom. The average Bonchev–Trinajstić information content (AvgIpc) is 3.21. The highest BCUT2D eigenvalue weighted by atomic mass is 127. The van der Waals surface area contributed by atoms with E-state index in [9.17, 15) is 9.59 Å². The predicted octanol–water partition coefficient (Wildman–Crippen LogP) is 2.68. The summed E-state index contributed by atoms with van der Waals surface area (Å²) in [5.41, 5.74) is 6.09. The number of benzene rings is 2. The maximum absolute atomic E-state index is 12.5. The summed E-state index contributed by atoms with van der Waals surface area (Å²) in [4.78, 5) is 24.9. The van der Waals surface area contributed by atoms with E-state index in [1.165, 1.54) is 0 Å². The third-order valence-corrected chi connectivity index (χ3v) is 4.84. The molecule has 7 nitrogen and oxygen atoms in total. The molecular formula is C20H16IN3O4. The van der Waals surface area contributed by atoms with Crippen LogP contribution in [0.2, 0.25) is 0 Å². The molecule has 1 atom stereocenters. The largest absolute Gasteiger partial charge is 0.485 e. The molecule has 0 fully saturated rings. The summed E-state index contributed by atoms with van der Waals surface area (Å²) in [7, 11) is 0. The standard InChI is InChI=1S/C20H16IN3O4/c21-13-5-3-6-14(11-13)24-10-4-7-15(24)19(25)22-23-20(26)18-12-27-16-8-1-2-9-17(16)28-18/h1-11,18H,12H2,(H,22,25)(H,23,26). The molecule has 2 amide bonds. The summed E-state index contributed by atoms with van der Waals surface area (Å²) < 4.78 is 14.0. The molecule has 2 aromatic carbocycles. The molecule has 1 unspecified atom stereocenters. The van der Waals surface area contributed by atoms with Gasteiger partial charge in [0.25, 0.3) is 11.8 Å². The van der Waals surface area contributed by atoms with E-state index in [0.717, 1.165) is 9.26 Å². The van der Waals surface area contributed by atoms with E-state index in [0.29, 0.717) is 17.2 Å². The number of hydrogen-bond donors (Lipinski definition) is 2. The number of ether oxygens (including phenoxy) is 2. The van der Waals surface area contributed by atoms with Gasteiger partial charge in [-0.05, 0) is 65.1 Å². The van der Waals surface area contributed by atoms with Crippen LogP contribution in [0.1, 0.15) is 10.5 Å². The quantitative estimate of drug-likeness (QED) is 0.438. The van der Waals surface area contributed by atoms with Crippen molar-refractivity contribution in [3.63, 3.8) is 0 Å². The first kappa shape index (κ1) is 18.4. The van der Waals surface area contributed by atoms with Crippen LogP contribution >= 0.6 is 22.6 Å². The molecule has 0 radical (unpaired) electrons. The lowest BCUT2D eigenvalue weighted by molar-refractivity contribution is -0.131. The molecule has 0 bridgehead atoms. The Morgan fingerprint density at radius 2 is 1.82 bits per heavy atom. The third-order valence-electron chi connectivity index (χ3n) is 4.17. The Kier molecular flexibility index (Phi) is 5.20. The number of fused-ring (bicyclic) bond motifs is 1. The summed E-state index contributed by atoms with van der Waals surface area (Å²) in [5.74, 6) is 0.156. The van der Waals surface area contributed by atoms with E-state index < -0.39 is 17.9 Å². The minimum absolute atomic E-state index is 0.0670. The van der Waals surface area contributed by atoms with Gasteiger partial charge in [0, 0.05) is 15.5 Å². The highest BCUT2D eigenvalue weighted by Gasteiger charge is 2.27. The van der Waals surface area contributed by atoms with Crippen molar-refractivity contribution in [3.05, 3.63) is 76.1 Å². The van der Waals surface area contributed by atoms with Crippen LogP contribution in [0.3, 0.4) is 0 Å². The molecule has 1 aromatic heterocycles. The summed E-state index contributed by atoms with van der Waals surface area (Å²) in [6, 6.07) is 18.3. The zero-order chi connectivity index (χ0) is 19.5. The van der Waals surface area contributed by atoms with Gasteiger partial charge in [0.15, 0.2) is 11.5 Å². The van der Waals surface area contributed by atoms with Crippen molar-refractivity contribution in [2.75, 3.05) is 6.61 Å². The monoisotopic (exact) mass is 489 g/mol. The second kappa shape index (κ2) is 7.93. The second-order valence-electron chi connectivity index (χ2n) is 6.05. The molecule has 2 N–H and O–H groups in total. The Bertz CT molecular complexity index is 1030. The van der Waals surface area contributed by atoms with E-state index in [1.807, 2.05) is 30.3 Å². The van der Waals surface area contributed by atoms with Gasteiger partial charge >= 0.3 is 0 Å². The maximum Gasteiger partial charge on any atom is 0.286 e. The number of rotatable bonds is 3. The number of carbonyl (C=O) groups is 2. The first-order valence-electron chi connectivity index (χ1n) is 8.54. The van der Waals surface area contributed by atoms with Crippen molar-refractivity contribution in [2.24, 2.45) is 0 Å². The normalized spacial score (nSPS) is 15.0. The lowest BCUT2D eigenvalue weighted by Crippen LogP contribution is -2.51. The fourth-order valence-electron chi connectivity index (χ4n) is 2.83. The van der Waals surface area contributed by atoms with Crippen molar-refractivity contribution < 1.29 is 19.1 Å². The van der Waals surface area contributed by atoms with Crippen LogP contribution < -0.4 is 20.3 Å². The molecule has 8 heteroatoms. The summed E-state index contributed by atoms with van der Waals surface area (Å²) >= 11 is 2.21. The fourth-order valence-corrected chi connectivity index (χ4v) is 3.36. The third kappa shape index (κ3) is 3.81. The van der Waals surface area contributed by atoms with Crippen LogP contribution in [0.15, 0.2) is 66.9 Å². The van der Waals surface area contributed by atoms with Gasteiger partial charge in [0.05, 0.1) is 0 Å². The van der Waals surface area contributed by atoms with Gasteiger partial charge in [-0.1, -0.05) is 18.2 Å². The predicted molar refractivity (Wildman–Crippen MR) is 110 cm³/mol. The number of para-hydroxylation sites is 2. The maximum atomic E-state index is 12.5. The number of nitrogens with zero attached hydrogens (tertiary/aromatic N) is 1. The second-order valence-corrected chi connectivity index (χ2v) is 7.30. The number of carbonyl (C=O) groups excluding carboxylic acids is 2. The number of nitrogens with one attached hydrogen (secondary N) is 2. The van der Waals surface area contributed by atoms with E-state index in [2.05, 4.69) is 33.4 Å². The van der Waals surface area contributed by atoms with E-state index in [4.69, 9.17) is 9.47 Å². The highest BCUT2D eigenvalue weighted by Crippen LogP contribution is 2.30. The molecule has 3 aromatic rings. The molecular weight excluding hydrogens is 473 g/mol. The van der Waals surface area contributed by atoms with Crippen LogP contribution in [0.5, 0.6) is 11.5 Å². The van der Waals surface area contributed by atoms with Gasteiger partial charge in [-0.3, -0.25) is 20.4 Å². The number of aromatic nitrogens is 1. The van der Waals surface area contributed by atoms with Crippen molar-refractivity contribution in [2.45, 2.75) is 6.10 Å². The molecule has 0 saturated heterocycles. The molecule has 0 saturated carbocycles. The van der Waals surface area contributed by atoms with Crippen LogP contribution in [0.25, 0.3) is 5.69 Å². The Balaban J connectivity index is 1.40. The van der Waals surface area contributed by atoms with Gasteiger partial charge in [-0.15, -0.1) is 0 Å². The van der Waals surface area contributed by atoms with Gasteiger partial charge in [-0.25, -0.2) is 0 Å². The fraction of sp³-hybridized carbons (Fsp3) is 0.100. The summed E-state index contributed by atoms with van der Waals surface area (Å²) in [5, 5.41) is 0. The molecule has 1 aliphatic heterocycles. The molecule has 28 heavy (non-hydrogen) atoms. The van der Waals surface area contributed by atoms with Crippen LogP contribution in [-0.2, 0) is 4.79 Å². The van der Waals surface area contributed by atoms with Crippen LogP contribution in [0.4, 0.5) is 0 Å². The van der Waals surface area contributed by atoms with Gasteiger partial charge in [-0.2, -0.15) is 0 Å².